The van der Waals surface area contributed by atoms with Gasteiger partial charge in [-0.15, -0.1) is 0 Å². The fraction of sp³-hybridized carbons (Fsp3) is 0.500. The van der Waals surface area contributed by atoms with E-state index in [1.807, 2.05) is 0 Å². The number of carbonyl (C=O) groups is 1. The number of nitrogens with zero attached hydrogens (tertiary/aromatic N) is 1. The summed E-state index contributed by atoms with van der Waals surface area (Å²) in [7, 11) is -1.69. The third kappa shape index (κ3) is 5.69. The molecule has 2 N–H and O–H groups in total. The quantitative estimate of drug-likeness (QED) is 0.776. The van der Waals surface area contributed by atoms with E-state index in [1.165, 1.54) is 6.07 Å². The van der Waals surface area contributed by atoms with Crippen molar-refractivity contribution in [2.24, 2.45) is 5.73 Å². The zero-order valence-corrected chi connectivity index (χ0v) is 13.4. The van der Waals surface area contributed by atoms with Gasteiger partial charge >= 0.3 is 0 Å². The number of sulfone groups is 1. The van der Waals surface area contributed by atoms with Gasteiger partial charge in [-0.1, -0.05) is 6.07 Å². The first-order valence-corrected chi connectivity index (χ1v) is 8.58. The molecule has 22 heavy (non-hydrogen) atoms. The summed E-state index contributed by atoms with van der Waals surface area (Å²) in [5, 5.41) is 0. The molecule has 0 saturated carbocycles. The summed E-state index contributed by atoms with van der Waals surface area (Å²) in [6.07, 6.45) is -0.204. The van der Waals surface area contributed by atoms with Crippen LogP contribution < -0.4 is 5.73 Å². The lowest BCUT2D eigenvalue weighted by molar-refractivity contribution is -0.117. The summed E-state index contributed by atoms with van der Waals surface area (Å²) in [5.74, 6) is -2.94. The van der Waals surface area contributed by atoms with Gasteiger partial charge in [0.2, 0.25) is 5.91 Å². The number of amides is 1. The van der Waals surface area contributed by atoms with Gasteiger partial charge < -0.3 is 5.73 Å². The minimum Gasteiger partial charge on any atom is -0.370 e. The zero-order valence-electron chi connectivity index (χ0n) is 12.6. The van der Waals surface area contributed by atoms with Crippen LogP contribution in [0.1, 0.15) is 24.9 Å². The van der Waals surface area contributed by atoms with Gasteiger partial charge in [-0.05, 0) is 31.7 Å². The summed E-state index contributed by atoms with van der Waals surface area (Å²) in [4.78, 5) is 12.3. The number of nitrogens with two attached hydrogens (primary N) is 1. The average molecular weight is 334 g/mol. The Hall–Kier alpha value is -1.54. The first kappa shape index (κ1) is 18.5. The Kier molecular flexibility index (Phi) is 6.43. The highest BCUT2D eigenvalue weighted by atomic mass is 32.2. The summed E-state index contributed by atoms with van der Waals surface area (Å²) < 4.78 is 49.6. The number of halogens is 2. The number of rotatable bonds is 8. The van der Waals surface area contributed by atoms with Gasteiger partial charge in [-0.25, -0.2) is 17.2 Å². The normalized spacial score (nSPS) is 13.3. The molecular weight excluding hydrogens is 314 g/mol. The first-order valence-electron chi connectivity index (χ1n) is 6.76. The van der Waals surface area contributed by atoms with Gasteiger partial charge in [0.25, 0.3) is 0 Å². The molecule has 0 aliphatic carbocycles. The van der Waals surface area contributed by atoms with Crippen LogP contribution in [-0.2, 0) is 14.6 Å². The Balaban J connectivity index is 2.62. The van der Waals surface area contributed by atoms with Crippen molar-refractivity contribution in [1.82, 2.24) is 4.90 Å². The fourth-order valence-corrected chi connectivity index (χ4v) is 3.14. The molecule has 1 aromatic rings. The number of primary amides is 1. The Morgan fingerprint density at radius 1 is 1.27 bits per heavy atom. The molecule has 1 amide bonds. The molecule has 5 nitrogen and oxygen atoms in total. The highest BCUT2D eigenvalue weighted by molar-refractivity contribution is 7.91. The molecule has 0 radical (unpaired) electrons. The van der Waals surface area contributed by atoms with Gasteiger partial charge in [0, 0.05) is 19.0 Å². The maximum atomic E-state index is 13.2. The molecule has 8 heteroatoms. The van der Waals surface area contributed by atoms with Gasteiger partial charge in [-0.2, -0.15) is 0 Å². The second-order valence-corrected chi connectivity index (χ2v) is 7.50. The van der Waals surface area contributed by atoms with Gasteiger partial charge in [0.1, 0.15) is 0 Å². The Morgan fingerprint density at radius 2 is 1.91 bits per heavy atom. The van der Waals surface area contributed by atoms with E-state index in [0.717, 1.165) is 12.1 Å². The number of benzene rings is 1. The molecule has 1 rings (SSSR count). The second kappa shape index (κ2) is 7.64. The standard InChI is InChI=1S/C14H20F2N2O3S/c1-10(11-3-4-12(15)13(16)9-11)18(2)6-8-22(20,21)7-5-14(17)19/h3-4,9-10H,5-8H2,1-2H3,(H2,17,19). The molecule has 0 aromatic heterocycles. The molecule has 0 fully saturated rings. The van der Waals surface area contributed by atoms with Crippen molar-refractivity contribution in [2.45, 2.75) is 19.4 Å². The van der Waals surface area contributed by atoms with Crippen molar-refractivity contribution in [3.05, 3.63) is 35.4 Å². The molecule has 0 spiro atoms. The summed E-state index contributed by atoms with van der Waals surface area (Å²) in [5.41, 5.74) is 5.48. The predicted octanol–water partition coefficient (Wildman–Crippen LogP) is 1.25. The lowest BCUT2D eigenvalue weighted by Gasteiger charge is -2.25. The van der Waals surface area contributed by atoms with Crippen LogP contribution in [0.15, 0.2) is 18.2 Å². The molecule has 1 aromatic carbocycles. The fourth-order valence-electron chi connectivity index (χ4n) is 1.86. The minimum atomic E-state index is -3.38. The maximum absolute atomic E-state index is 13.2. The molecule has 124 valence electrons. The molecule has 0 heterocycles. The highest BCUT2D eigenvalue weighted by Gasteiger charge is 2.18. The van der Waals surface area contributed by atoms with Crippen LogP contribution in [0.2, 0.25) is 0 Å². The van der Waals surface area contributed by atoms with Crippen LogP contribution in [0.25, 0.3) is 0 Å². The van der Waals surface area contributed by atoms with E-state index >= 15 is 0 Å². The van der Waals surface area contributed by atoms with E-state index in [0.29, 0.717) is 5.56 Å². The summed E-state index contributed by atoms with van der Waals surface area (Å²) >= 11 is 0. The van der Waals surface area contributed by atoms with Crippen LogP contribution in [0.4, 0.5) is 8.78 Å². The van der Waals surface area contributed by atoms with Crippen molar-refractivity contribution in [2.75, 3.05) is 25.1 Å². The van der Waals surface area contributed by atoms with Crippen molar-refractivity contribution < 1.29 is 22.0 Å². The third-order valence-electron chi connectivity index (χ3n) is 3.50. The predicted molar refractivity (Wildman–Crippen MR) is 79.9 cm³/mol. The van der Waals surface area contributed by atoms with E-state index in [2.05, 4.69) is 0 Å². The lowest BCUT2D eigenvalue weighted by atomic mass is 10.1. The van der Waals surface area contributed by atoms with Crippen molar-refractivity contribution in [3.63, 3.8) is 0 Å². The number of hydrogen-bond donors (Lipinski definition) is 1. The van der Waals surface area contributed by atoms with Crippen LogP contribution in [0.5, 0.6) is 0 Å². The monoisotopic (exact) mass is 334 g/mol. The van der Waals surface area contributed by atoms with Crippen molar-refractivity contribution in [1.29, 1.82) is 0 Å². The summed E-state index contributed by atoms with van der Waals surface area (Å²) in [6.45, 7) is 1.98. The molecule has 1 unspecified atom stereocenters. The summed E-state index contributed by atoms with van der Waals surface area (Å²) in [6, 6.07) is 3.32. The zero-order chi connectivity index (χ0) is 16.9. The largest absolute Gasteiger partial charge is 0.370 e. The third-order valence-corrected chi connectivity index (χ3v) is 5.13. The maximum Gasteiger partial charge on any atom is 0.218 e. The van der Waals surface area contributed by atoms with Crippen LogP contribution in [-0.4, -0.2) is 44.3 Å². The Labute approximate surface area is 129 Å². The topological polar surface area (TPSA) is 80.5 Å². The molecule has 0 aliphatic rings. The SMILES string of the molecule is CC(c1ccc(F)c(F)c1)N(C)CCS(=O)(=O)CCC(N)=O. The number of carbonyl (C=O) groups excluding carboxylic acids is 1. The Bertz CT molecular complexity index is 635. The average Bonchev–Trinajstić information content (AvgIpc) is 2.45. The molecule has 0 bridgehead atoms. The van der Waals surface area contributed by atoms with Crippen LogP contribution in [0, 0.1) is 11.6 Å². The van der Waals surface area contributed by atoms with Crippen LogP contribution in [0.3, 0.4) is 0 Å². The van der Waals surface area contributed by atoms with Gasteiger partial charge in [-0.3, -0.25) is 9.69 Å². The Morgan fingerprint density at radius 3 is 2.45 bits per heavy atom. The molecule has 0 aliphatic heterocycles. The van der Waals surface area contributed by atoms with Gasteiger partial charge in [0.15, 0.2) is 21.5 Å². The van der Waals surface area contributed by atoms with Crippen molar-refractivity contribution >= 4 is 15.7 Å². The van der Waals surface area contributed by atoms with E-state index < -0.39 is 27.4 Å². The molecule has 0 saturated heterocycles. The number of hydrogen-bond acceptors (Lipinski definition) is 4. The smallest absolute Gasteiger partial charge is 0.218 e. The van der Waals surface area contributed by atoms with E-state index in [4.69, 9.17) is 5.73 Å². The van der Waals surface area contributed by atoms with E-state index in [-0.39, 0.29) is 30.5 Å². The molecule has 1 atom stereocenters. The minimum absolute atomic E-state index is 0.134. The second-order valence-electron chi connectivity index (χ2n) is 5.20. The van der Waals surface area contributed by atoms with E-state index in [9.17, 15) is 22.0 Å². The lowest BCUT2D eigenvalue weighted by Crippen LogP contribution is -2.30. The van der Waals surface area contributed by atoms with Gasteiger partial charge in [0.05, 0.1) is 11.5 Å². The molecular formula is C14H20F2N2O3S. The van der Waals surface area contributed by atoms with E-state index in [1.54, 1.807) is 18.9 Å². The highest BCUT2D eigenvalue weighted by Crippen LogP contribution is 2.20. The van der Waals surface area contributed by atoms with Crippen molar-refractivity contribution in [3.8, 4) is 0 Å². The first-order chi connectivity index (χ1) is 10.1. The van der Waals surface area contributed by atoms with Crippen LogP contribution >= 0.6 is 0 Å².